The number of carbonyl (C=O) groups is 1. The highest BCUT2D eigenvalue weighted by Gasteiger charge is 2.17. The summed E-state index contributed by atoms with van der Waals surface area (Å²) in [6, 6.07) is 7.77. The van der Waals surface area contributed by atoms with E-state index in [9.17, 15) is 4.79 Å². The number of hydrogen-bond acceptors (Lipinski definition) is 3. The molecule has 1 unspecified atom stereocenters. The molecule has 1 amide bonds. The molecule has 0 saturated carbocycles. The number of halogens is 1. The first-order valence-electron chi connectivity index (χ1n) is 7.16. The number of methoxy groups -OCH3 is 1. The summed E-state index contributed by atoms with van der Waals surface area (Å²) in [6.45, 7) is 7.85. The molecule has 0 spiro atoms. The molecule has 0 aromatic heterocycles. The van der Waals surface area contributed by atoms with Crippen LogP contribution < -0.4 is 10.1 Å². The van der Waals surface area contributed by atoms with Gasteiger partial charge in [-0.3, -0.25) is 0 Å². The van der Waals surface area contributed by atoms with Crippen molar-refractivity contribution in [1.82, 2.24) is 5.32 Å². The number of amides is 1. The first kappa shape index (κ1) is 18.4. The minimum Gasteiger partial charge on any atom is -0.497 e. The molecule has 22 heavy (non-hydrogen) atoms. The van der Waals surface area contributed by atoms with E-state index in [1.54, 1.807) is 7.11 Å². The van der Waals surface area contributed by atoms with Gasteiger partial charge in [0, 0.05) is 18.0 Å². The number of benzene rings is 1. The lowest BCUT2D eigenvalue weighted by molar-refractivity contribution is 0.0532. The molecule has 4 nitrogen and oxygen atoms in total. The summed E-state index contributed by atoms with van der Waals surface area (Å²) in [4.78, 5) is 11.7. The molecule has 1 rings (SSSR count). The first-order chi connectivity index (χ1) is 10.3. The second kappa shape index (κ2) is 8.08. The molecule has 0 aliphatic heterocycles. The predicted octanol–water partition coefficient (Wildman–Crippen LogP) is 4.45. The highest BCUT2D eigenvalue weighted by molar-refractivity contribution is 6.25. The fraction of sp³-hybridized carbons (Fsp3) is 0.471. The molecule has 122 valence electrons. The number of ether oxygens (including phenoxy) is 2. The molecule has 0 aliphatic carbocycles. The molecule has 0 aliphatic rings. The standard InChI is InChI=1S/C17H24ClNO3/c1-12(13-6-8-15(21-5)9-7-13)14(10-18)11-19-16(20)22-17(2,3)4/h6-10,12H,11H2,1-5H3,(H,19,20)/b14-10+. The van der Waals surface area contributed by atoms with Gasteiger partial charge in [-0.2, -0.15) is 0 Å². The van der Waals surface area contributed by atoms with Crippen LogP contribution in [-0.4, -0.2) is 25.3 Å². The van der Waals surface area contributed by atoms with E-state index in [1.165, 1.54) is 5.54 Å². The third-order valence-electron chi connectivity index (χ3n) is 3.15. The number of hydrogen-bond donors (Lipinski definition) is 1. The summed E-state index contributed by atoms with van der Waals surface area (Å²) >= 11 is 5.91. The number of carbonyl (C=O) groups excluding carboxylic acids is 1. The van der Waals surface area contributed by atoms with Crippen LogP contribution in [0.2, 0.25) is 0 Å². The maximum atomic E-state index is 11.7. The van der Waals surface area contributed by atoms with Crippen molar-refractivity contribution in [2.75, 3.05) is 13.7 Å². The summed E-state index contributed by atoms with van der Waals surface area (Å²) < 4.78 is 10.4. The topological polar surface area (TPSA) is 47.6 Å². The quantitative estimate of drug-likeness (QED) is 0.870. The summed E-state index contributed by atoms with van der Waals surface area (Å²) in [7, 11) is 1.63. The van der Waals surface area contributed by atoms with Gasteiger partial charge in [-0.05, 0) is 44.0 Å². The smallest absolute Gasteiger partial charge is 0.407 e. The Labute approximate surface area is 137 Å². The molecule has 0 fully saturated rings. The Balaban J connectivity index is 2.65. The molecule has 0 radical (unpaired) electrons. The van der Waals surface area contributed by atoms with E-state index >= 15 is 0 Å². The number of alkyl carbamates (subject to hydrolysis) is 1. The van der Waals surface area contributed by atoms with Crippen LogP contribution in [0.4, 0.5) is 4.79 Å². The van der Waals surface area contributed by atoms with Crippen LogP contribution in [0, 0.1) is 0 Å². The Bertz CT molecular complexity index is 518. The van der Waals surface area contributed by atoms with Crippen LogP contribution in [0.15, 0.2) is 35.4 Å². The van der Waals surface area contributed by atoms with Crippen molar-refractivity contribution < 1.29 is 14.3 Å². The lowest BCUT2D eigenvalue weighted by Crippen LogP contribution is -2.34. The summed E-state index contributed by atoms with van der Waals surface area (Å²) in [5.41, 5.74) is 2.99. The lowest BCUT2D eigenvalue weighted by atomic mass is 9.94. The first-order valence-corrected chi connectivity index (χ1v) is 7.60. The Morgan fingerprint density at radius 1 is 1.32 bits per heavy atom. The van der Waals surface area contributed by atoms with Gasteiger partial charge in [0.1, 0.15) is 11.4 Å². The molecule has 1 aromatic rings. The second-order valence-electron chi connectivity index (χ2n) is 6.03. The van der Waals surface area contributed by atoms with Crippen molar-refractivity contribution >= 4 is 17.7 Å². The molecule has 0 saturated heterocycles. The summed E-state index contributed by atoms with van der Waals surface area (Å²) in [5.74, 6) is 0.887. The third kappa shape index (κ3) is 5.98. The van der Waals surface area contributed by atoms with Crippen LogP contribution in [0.3, 0.4) is 0 Å². The van der Waals surface area contributed by atoms with Gasteiger partial charge in [0.15, 0.2) is 0 Å². The van der Waals surface area contributed by atoms with E-state index in [-0.39, 0.29) is 5.92 Å². The Morgan fingerprint density at radius 2 is 1.91 bits per heavy atom. The van der Waals surface area contributed by atoms with Gasteiger partial charge in [-0.15, -0.1) is 0 Å². The monoisotopic (exact) mass is 325 g/mol. The lowest BCUT2D eigenvalue weighted by Gasteiger charge is -2.21. The fourth-order valence-corrected chi connectivity index (χ4v) is 2.15. The third-order valence-corrected chi connectivity index (χ3v) is 3.43. The predicted molar refractivity (Wildman–Crippen MR) is 89.6 cm³/mol. The molecule has 1 aromatic carbocycles. The van der Waals surface area contributed by atoms with Crippen molar-refractivity contribution in [3.8, 4) is 5.75 Å². The van der Waals surface area contributed by atoms with Crippen molar-refractivity contribution in [3.05, 3.63) is 40.9 Å². The average molecular weight is 326 g/mol. The maximum Gasteiger partial charge on any atom is 0.407 e. The van der Waals surface area contributed by atoms with Gasteiger partial charge in [0.2, 0.25) is 0 Å². The maximum absolute atomic E-state index is 11.7. The van der Waals surface area contributed by atoms with Gasteiger partial charge in [0.05, 0.1) is 7.11 Å². The molecular formula is C17H24ClNO3. The Morgan fingerprint density at radius 3 is 2.36 bits per heavy atom. The number of nitrogens with one attached hydrogen (secondary N) is 1. The summed E-state index contributed by atoms with van der Waals surface area (Å²) in [5, 5.41) is 2.72. The highest BCUT2D eigenvalue weighted by Crippen LogP contribution is 2.25. The highest BCUT2D eigenvalue weighted by atomic mass is 35.5. The molecule has 0 bridgehead atoms. The summed E-state index contributed by atoms with van der Waals surface area (Å²) in [6.07, 6.45) is -0.453. The van der Waals surface area contributed by atoms with Crippen LogP contribution in [0.1, 0.15) is 39.2 Å². The zero-order chi connectivity index (χ0) is 16.8. The molecule has 5 heteroatoms. The van der Waals surface area contributed by atoms with Gasteiger partial charge < -0.3 is 14.8 Å². The zero-order valence-electron chi connectivity index (χ0n) is 13.8. The van der Waals surface area contributed by atoms with Gasteiger partial charge >= 0.3 is 6.09 Å². The molecule has 0 heterocycles. The van der Waals surface area contributed by atoms with E-state index in [1.807, 2.05) is 52.0 Å². The van der Waals surface area contributed by atoms with Crippen molar-refractivity contribution in [2.45, 2.75) is 39.2 Å². The van der Waals surface area contributed by atoms with E-state index in [0.717, 1.165) is 16.9 Å². The van der Waals surface area contributed by atoms with Gasteiger partial charge in [0.25, 0.3) is 0 Å². The van der Waals surface area contributed by atoms with Crippen LogP contribution in [0.25, 0.3) is 0 Å². The Kier molecular flexibility index (Phi) is 6.75. The zero-order valence-corrected chi connectivity index (χ0v) is 14.5. The van der Waals surface area contributed by atoms with Crippen LogP contribution in [0.5, 0.6) is 5.75 Å². The Hall–Kier alpha value is -1.68. The van der Waals surface area contributed by atoms with E-state index < -0.39 is 11.7 Å². The molecule has 1 atom stereocenters. The second-order valence-corrected chi connectivity index (χ2v) is 6.25. The molecular weight excluding hydrogens is 302 g/mol. The van der Waals surface area contributed by atoms with Crippen molar-refractivity contribution in [2.24, 2.45) is 0 Å². The normalized spacial score (nSPS) is 13.5. The van der Waals surface area contributed by atoms with Gasteiger partial charge in [-0.25, -0.2) is 4.79 Å². The van der Waals surface area contributed by atoms with E-state index in [2.05, 4.69) is 5.32 Å². The van der Waals surface area contributed by atoms with Gasteiger partial charge in [-0.1, -0.05) is 30.7 Å². The van der Waals surface area contributed by atoms with Crippen LogP contribution in [-0.2, 0) is 4.74 Å². The van der Waals surface area contributed by atoms with Crippen LogP contribution >= 0.6 is 11.6 Å². The van der Waals surface area contributed by atoms with Crippen molar-refractivity contribution in [3.63, 3.8) is 0 Å². The average Bonchev–Trinajstić information content (AvgIpc) is 2.46. The minimum atomic E-state index is -0.517. The molecule has 1 N–H and O–H groups in total. The SMILES string of the molecule is COc1ccc(C(C)/C(=C/Cl)CNC(=O)OC(C)(C)C)cc1. The minimum absolute atomic E-state index is 0.0818. The fourth-order valence-electron chi connectivity index (χ4n) is 1.88. The van der Waals surface area contributed by atoms with Crippen molar-refractivity contribution in [1.29, 1.82) is 0 Å². The van der Waals surface area contributed by atoms with E-state index in [4.69, 9.17) is 21.1 Å². The number of rotatable bonds is 5. The largest absolute Gasteiger partial charge is 0.497 e. The van der Waals surface area contributed by atoms with E-state index in [0.29, 0.717) is 6.54 Å².